The number of hydrogen-bond acceptors (Lipinski definition) is 2. The van der Waals surface area contributed by atoms with Gasteiger partial charge in [-0.1, -0.05) is 66.7 Å². The maximum atomic E-state index is 3.12. The minimum absolute atomic E-state index is 0.879. The van der Waals surface area contributed by atoms with Crippen molar-refractivity contribution in [3.8, 4) is 11.1 Å². The van der Waals surface area contributed by atoms with Crippen molar-refractivity contribution in [2.75, 3.05) is 11.6 Å². The summed E-state index contributed by atoms with van der Waals surface area (Å²) < 4.78 is 0. The molecule has 0 fully saturated rings. The van der Waals surface area contributed by atoms with Crippen molar-refractivity contribution in [1.82, 2.24) is 5.32 Å². The van der Waals surface area contributed by atoms with Gasteiger partial charge in [0.25, 0.3) is 0 Å². The fraction of sp³-hybridized carbons (Fsp3) is 0.185. The topological polar surface area (TPSA) is 15.3 Å². The van der Waals surface area contributed by atoms with Gasteiger partial charge in [0.1, 0.15) is 0 Å². The predicted molar refractivity (Wildman–Crippen MR) is 123 cm³/mol. The van der Waals surface area contributed by atoms with Crippen LogP contribution in [0.25, 0.3) is 23.3 Å². The van der Waals surface area contributed by atoms with Crippen LogP contribution in [0.5, 0.6) is 0 Å². The highest BCUT2D eigenvalue weighted by molar-refractivity contribution is 5.74. The third kappa shape index (κ3) is 3.58. The Bertz CT molecular complexity index is 1160. The highest BCUT2D eigenvalue weighted by atomic mass is 15.2. The first-order valence-electron chi connectivity index (χ1n) is 10.5. The Kier molecular flexibility index (Phi) is 4.92. The second kappa shape index (κ2) is 8.00. The van der Waals surface area contributed by atoms with Gasteiger partial charge in [-0.15, -0.1) is 0 Å². The Morgan fingerprint density at radius 2 is 1.55 bits per heavy atom. The van der Waals surface area contributed by atoms with Gasteiger partial charge in [0.2, 0.25) is 0 Å². The molecule has 0 saturated carbocycles. The number of benzene rings is 3. The van der Waals surface area contributed by atoms with Crippen LogP contribution in [0, 0.1) is 0 Å². The molecular formula is C27H26N2. The molecule has 1 aliphatic heterocycles. The van der Waals surface area contributed by atoms with E-state index in [1.54, 1.807) is 5.56 Å². The standard InChI is InChI=1S/C18H16.C9H10N2/c1-3-7-15-13(5-1)9-11-18-16-8-4-2-6-14(16)10-12-17(15)18;1-2-4-9(5-3-1)11-7-6-10-8-11/h1,3,5-8,10,12H,2,4,9,11H2;1-7,10H,8H2. The summed E-state index contributed by atoms with van der Waals surface area (Å²) in [5.74, 6) is 0. The average Bonchev–Trinajstić information content (AvgIpc) is 3.35. The van der Waals surface area contributed by atoms with Crippen molar-refractivity contribution in [3.05, 3.63) is 101 Å². The second-order valence-corrected chi connectivity index (χ2v) is 7.72. The van der Waals surface area contributed by atoms with E-state index in [2.05, 4.69) is 70.9 Å². The Labute approximate surface area is 172 Å². The number of rotatable bonds is 1. The zero-order valence-corrected chi connectivity index (χ0v) is 16.6. The summed E-state index contributed by atoms with van der Waals surface area (Å²) in [6, 6.07) is 23.8. The van der Waals surface area contributed by atoms with E-state index in [0.717, 1.165) is 6.67 Å². The number of fused-ring (bicyclic) bond motifs is 5. The lowest BCUT2D eigenvalue weighted by atomic mass is 9.83. The predicted octanol–water partition coefficient (Wildman–Crippen LogP) is 4.33. The molecule has 6 rings (SSSR count). The monoisotopic (exact) mass is 378 g/mol. The van der Waals surface area contributed by atoms with E-state index < -0.39 is 0 Å². The van der Waals surface area contributed by atoms with Gasteiger partial charge in [-0.05, 0) is 70.5 Å². The Morgan fingerprint density at radius 1 is 0.724 bits per heavy atom. The summed E-state index contributed by atoms with van der Waals surface area (Å²) in [6.45, 7) is 0.879. The molecule has 0 aromatic heterocycles. The molecule has 1 N–H and O–H groups in total. The van der Waals surface area contributed by atoms with Crippen LogP contribution in [0.15, 0.2) is 79.1 Å². The van der Waals surface area contributed by atoms with Gasteiger partial charge in [-0.2, -0.15) is 0 Å². The molecular weight excluding hydrogens is 352 g/mol. The molecule has 0 bridgehead atoms. The summed E-state index contributed by atoms with van der Waals surface area (Å²) >= 11 is 0. The third-order valence-corrected chi connectivity index (χ3v) is 5.94. The van der Waals surface area contributed by atoms with Crippen LogP contribution in [0.2, 0.25) is 0 Å². The lowest BCUT2D eigenvalue weighted by Gasteiger charge is -2.21. The van der Waals surface area contributed by atoms with Crippen LogP contribution in [-0.2, 0) is 12.8 Å². The van der Waals surface area contributed by atoms with E-state index in [0.29, 0.717) is 0 Å². The first-order chi connectivity index (χ1) is 14.4. The van der Waals surface area contributed by atoms with Crippen molar-refractivity contribution in [3.63, 3.8) is 0 Å². The van der Waals surface area contributed by atoms with E-state index >= 15 is 0 Å². The third-order valence-electron chi connectivity index (χ3n) is 5.94. The molecule has 2 heteroatoms. The van der Waals surface area contributed by atoms with Crippen LogP contribution in [0.1, 0.15) is 24.0 Å². The first kappa shape index (κ1) is 17.8. The zero-order chi connectivity index (χ0) is 19.5. The Balaban J connectivity index is 0.000000142. The smallest absolute Gasteiger partial charge is 0.0916 e. The molecule has 0 spiro atoms. The molecule has 2 aliphatic carbocycles. The van der Waals surface area contributed by atoms with Crippen LogP contribution in [0.3, 0.4) is 0 Å². The number of hydrogen-bond donors (Lipinski definition) is 1. The van der Waals surface area contributed by atoms with E-state index in [1.165, 1.54) is 58.5 Å². The lowest BCUT2D eigenvalue weighted by molar-refractivity contribution is 0.901. The highest BCUT2D eigenvalue weighted by Crippen LogP contribution is 2.31. The molecule has 3 aromatic rings. The minimum Gasteiger partial charge on any atom is -0.372 e. The molecule has 144 valence electrons. The van der Waals surface area contributed by atoms with Gasteiger partial charge in [0.05, 0.1) is 6.67 Å². The second-order valence-electron chi connectivity index (χ2n) is 7.72. The SMILES string of the molecule is C1=CN(c2ccccc2)CN1.C1=c2ccc3c(c2=CCC1)CCc1ccccc1-3. The molecule has 1 heterocycles. The largest absolute Gasteiger partial charge is 0.372 e. The molecule has 0 amide bonds. The summed E-state index contributed by atoms with van der Waals surface area (Å²) in [5, 5.41) is 6.07. The van der Waals surface area contributed by atoms with Crippen molar-refractivity contribution in [2.24, 2.45) is 0 Å². The van der Waals surface area contributed by atoms with Gasteiger partial charge in [-0.3, -0.25) is 0 Å². The van der Waals surface area contributed by atoms with Gasteiger partial charge >= 0.3 is 0 Å². The van der Waals surface area contributed by atoms with E-state index in [4.69, 9.17) is 0 Å². The summed E-state index contributed by atoms with van der Waals surface area (Å²) in [7, 11) is 0. The maximum absolute atomic E-state index is 3.12. The molecule has 0 radical (unpaired) electrons. The average molecular weight is 379 g/mol. The molecule has 3 aliphatic rings. The van der Waals surface area contributed by atoms with Crippen LogP contribution in [-0.4, -0.2) is 6.67 Å². The van der Waals surface area contributed by atoms with Crippen molar-refractivity contribution >= 4 is 17.8 Å². The lowest BCUT2D eigenvalue weighted by Crippen LogP contribution is -2.32. The fourth-order valence-corrected chi connectivity index (χ4v) is 4.49. The fourth-order valence-electron chi connectivity index (χ4n) is 4.49. The zero-order valence-electron chi connectivity index (χ0n) is 16.6. The number of anilines is 1. The molecule has 0 atom stereocenters. The number of aryl methyl sites for hydroxylation is 1. The van der Waals surface area contributed by atoms with Gasteiger partial charge in [-0.25, -0.2) is 0 Å². The van der Waals surface area contributed by atoms with Crippen molar-refractivity contribution < 1.29 is 0 Å². The van der Waals surface area contributed by atoms with E-state index in [9.17, 15) is 0 Å². The number of nitrogens with zero attached hydrogens (tertiary/aromatic N) is 1. The number of para-hydroxylation sites is 1. The van der Waals surface area contributed by atoms with Crippen LogP contribution >= 0.6 is 0 Å². The minimum atomic E-state index is 0.879. The quantitative estimate of drug-likeness (QED) is 0.678. The molecule has 0 saturated heterocycles. The Morgan fingerprint density at radius 3 is 2.41 bits per heavy atom. The van der Waals surface area contributed by atoms with Crippen molar-refractivity contribution in [1.29, 1.82) is 0 Å². The van der Waals surface area contributed by atoms with E-state index in [-0.39, 0.29) is 0 Å². The number of nitrogens with one attached hydrogen (secondary N) is 1. The summed E-state index contributed by atoms with van der Waals surface area (Å²) in [6.07, 6.45) is 13.6. The van der Waals surface area contributed by atoms with Crippen molar-refractivity contribution in [2.45, 2.75) is 25.7 Å². The first-order valence-corrected chi connectivity index (χ1v) is 10.5. The molecule has 29 heavy (non-hydrogen) atoms. The van der Waals surface area contributed by atoms with Crippen LogP contribution in [0.4, 0.5) is 5.69 Å². The van der Waals surface area contributed by atoms with Gasteiger partial charge in [0.15, 0.2) is 0 Å². The summed E-state index contributed by atoms with van der Waals surface area (Å²) in [4.78, 5) is 2.15. The van der Waals surface area contributed by atoms with Crippen LogP contribution < -0.4 is 20.7 Å². The molecule has 2 nitrogen and oxygen atoms in total. The molecule has 3 aromatic carbocycles. The Hall–Kier alpha value is -3.26. The van der Waals surface area contributed by atoms with Gasteiger partial charge in [0, 0.05) is 18.1 Å². The van der Waals surface area contributed by atoms with E-state index in [1.807, 2.05) is 30.6 Å². The summed E-state index contributed by atoms with van der Waals surface area (Å²) in [5.41, 5.74) is 7.21. The normalized spacial score (nSPS) is 15.5. The molecule has 0 unspecified atom stereocenters. The van der Waals surface area contributed by atoms with Gasteiger partial charge < -0.3 is 10.2 Å². The maximum Gasteiger partial charge on any atom is 0.0916 e. The highest BCUT2D eigenvalue weighted by Gasteiger charge is 2.16.